The molecule has 6 nitrogen and oxygen atoms in total. The molecule has 0 aliphatic heterocycles. The fraction of sp³-hybridized carbons (Fsp3) is 0.846. The fourth-order valence-electron chi connectivity index (χ4n) is 7.63. The Hall–Kier alpha value is -1.92. The number of nitrogens with one attached hydrogen (secondary N) is 1. The number of carbonyl (C=O) groups is 2. The number of carbonyl (C=O) groups excluding carboxylic acids is 2. The molecule has 0 aliphatic carbocycles. The molecule has 0 radical (unpaired) electrons. The van der Waals surface area contributed by atoms with Gasteiger partial charge in [0.2, 0.25) is 5.91 Å². The minimum absolute atomic E-state index is 0.0650. The zero-order chi connectivity index (χ0) is 42.4. The van der Waals surface area contributed by atoms with Gasteiger partial charge < -0.3 is 20.3 Å². The molecule has 0 saturated heterocycles. The third kappa shape index (κ3) is 40.8. The third-order valence-electron chi connectivity index (χ3n) is 11.5. The normalized spacial score (nSPS) is 13.5. The molecule has 0 aromatic rings. The Labute approximate surface area is 360 Å². The van der Waals surface area contributed by atoms with Crippen LogP contribution in [0.25, 0.3) is 0 Å². The fourth-order valence-corrected chi connectivity index (χ4v) is 7.63. The number of aliphatic hydroxyl groups excluding tert-OH is 2. The first-order valence-corrected chi connectivity index (χ1v) is 25.2. The van der Waals surface area contributed by atoms with Crippen molar-refractivity contribution in [3.63, 3.8) is 0 Å². The lowest BCUT2D eigenvalue weighted by Crippen LogP contribution is -2.46. The summed E-state index contributed by atoms with van der Waals surface area (Å²) in [5.74, 6) is -0.495. The molecule has 3 unspecified atom stereocenters. The van der Waals surface area contributed by atoms with Gasteiger partial charge in [-0.3, -0.25) is 9.59 Å². The maximum atomic E-state index is 13.1. The summed E-state index contributed by atoms with van der Waals surface area (Å²) in [5, 5.41) is 23.7. The van der Waals surface area contributed by atoms with E-state index in [-0.39, 0.29) is 24.9 Å². The molecule has 3 N–H and O–H groups in total. The van der Waals surface area contributed by atoms with E-state index in [0.717, 1.165) is 83.5 Å². The topological polar surface area (TPSA) is 95.9 Å². The molecule has 0 bridgehead atoms. The Morgan fingerprint density at radius 3 is 1.48 bits per heavy atom. The summed E-state index contributed by atoms with van der Waals surface area (Å²) < 4.78 is 5.90. The minimum atomic E-state index is -0.790. The predicted octanol–water partition coefficient (Wildman–Crippen LogP) is 14.9. The molecule has 0 aliphatic rings. The molecular formula is C52H97NO5. The Balaban J connectivity index is 4.44. The smallest absolute Gasteiger partial charge is 0.306 e. The highest BCUT2D eigenvalue weighted by molar-refractivity contribution is 5.77. The molecule has 6 heteroatoms. The number of allylic oxidation sites excluding steroid dienone is 6. The highest BCUT2D eigenvalue weighted by Crippen LogP contribution is 2.18. The number of aliphatic hydroxyl groups is 2. The molecular weight excluding hydrogens is 719 g/mol. The summed E-state index contributed by atoms with van der Waals surface area (Å²) in [4.78, 5) is 26.0. The molecule has 340 valence electrons. The zero-order valence-corrected chi connectivity index (χ0v) is 38.7. The van der Waals surface area contributed by atoms with Gasteiger partial charge >= 0.3 is 5.97 Å². The van der Waals surface area contributed by atoms with Crippen LogP contribution in [0.15, 0.2) is 36.5 Å². The molecule has 0 spiro atoms. The molecule has 0 rings (SSSR count). The molecule has 1 amide bonds. The molecule has 0 heterocycles. The van der Waals surface area contributed by atoms with Gasteiger partial charge in [0.25, 0.3) is 0 Å². The molecule has 0 fully saturated rings. The van der Waals surface area contributed by atoms with E-state index in [1.807, 2.05) is 0 Å². The second-order valence-electron chi connectivity index (χ2n) is 17.2. The lowest BCUT2D eigenvalue weighted by atomic mass is 10.0. The van der Waals surface area contributed by atoms with E-state index < -0.39 is 18.2 Å². The van der Waals surface area contributed by atoms with Gasteiger partial charge in [0.05, 0.1) is 25.2 Å². The molecule has 0 aromatic carbocycles. The van der Waals surface area contributed by atoms with Crippen LogP contribution >= 0.6 is 0 Å². The van der Waals surface area contributed by atoms with Crippen LogP contribution in [0.2, 0.25) is 0 Å². The van der Waals surface area contributed by atoms with Gasteiger partial charge in [-0.05, 0) is 70.6 Å². The number of hydrogen-bond acceptors (Lipinski definition) is 5. The van der Waals surface area contributed by atoms with Gasteiger partial charge in [-0.15, -0.1) is 0 Å². The molecule has 0 saturated carbocycles. The van der Waals surface area contributed by atoms with Crippen molar-refractivity contribution in [2.75, 3.05) is 6.61 Å². The van der Waals surface area contributed by atoms with Gasteiger partial charge in [0.1, 0.15) is 6.10 Å². The average Bonchev–Trinajstić information content (AvgIpc) is 3.22. The number of amides is 1. The summed E-state index contributed by atoms with van der Waals surface area (Å²) in [5.41, 5.74) is 0. The minimum Gasteiger partial charge on any atom is -0.462 e. The van der Waals surface area contributed by atoms with Crippen molar-refractivity contribution in [2.24, 2.45) is 0 Å². The van der Waals surface area contributed by atoms with E-state index >= 15 is 0 Å². The largest absolute Gasteiger partial charge is 0.462 e. The number of esters is 1. The maximum Gasteiger partial charge on any atom is 0.306 e. The van der Waals surface area contributed by atoms with Gasteiger partial charge in [-0.25, -0.2) is 0 Å². The van der Waals surface area contributed by atoms with Gasteiger partial charge in [0.15, 0.2) is 0 Å². The van der Waals surface area contributed by atoms with Crippen LogP contribution in [0, 0.1) is 0 Å². The van der Waals surface area contributed by atoms with E-state index in [0.29, 0.717) is 19.3 Å². The van der Waals surface area contributed by atoms with E-state index in [1.165, 1.54) is 128 Å². The lowest BCUT2D eigenvalue weighted by Gasteiger charge is -2.24. The monoisotopic (exact) mass is 816 g/mol. The third-order valence-corrected chi connectivity index (χ3v) is 11.5. The van der Waals surface area contributed by atoms with Crippen molar-refractivity contribution < 1.29 is 24.5 Å². The van der Waals surface area contributed by atoms with Crippen LogP contribution in [0.4, 0.5) is 0 Å². The molecule has 3 atom stereocenters. The maximum absolute atomic E-state index is 13.1. The number of ether oxygens (including phenoxy) is 1. The zero-order valence-electron chi connectivity index (χ0n) is 38.7. The second kappa shape index (κ2) is 46.2. The Bertz CT molecular complexity index is 961. The summed E-state index contributed by atoms with van der Waals surface area (Å²) in [6.07, 6.45) is 53.5. The summed E-state index contributed by atoms with van der Waals surface area (Å²) in [6, 6.07) is -0.705. The van der Waals surface area contributed by atoms with Crippen molar-refractivity contribution in [3.8, 4) is 0 Å². The quantitative estimate of drug-likeness (QED) is 0.0323. The summed E-state index contributed by atoms with van der Waals surface area (Å²) >= 11 is 0. The van der Waals surface area contributed by atoms with E-state index in [1.54, 1.807) is 0 Å². The first-order valence-electron chi connectivity index (χ1n) is 25.2. The van der Waals surface area contributed by atoms with E-state index in [4.69, 9.17) is 4.74 Å². The van der Waals surface area contributed by atoms with Crippen molar-refractivity contribution >= 4 is 11.9 Å². The number of unbranched alkanes of at least 4 members (excludes halogenated alkanes) is 27. The van der Waals surface area contributed by atoms with Crippen LogP contribution in [-0.2, 0) is 14.3 Å². The Kier molecular flexibility index (Phi) is 44.6. The van der Waals surface area contributed by atoms with Crippen LogP contribution < -0.4 is 5.32 Å². The predicted molar refractivity (Wildman–Crippen MR) is 250 cm³/mol. The van der Waals surface area contributed by atoms with E-state index in [2.05, 4.69) is 62.5 Å². The van der Waals surface area contributed by atoms with Gasteiger partial charge in [0, 0.05) is 6.42 Å². The number of hydrogen-bond donors (Lipinski definition) is 3. The summed E-state index contributed by atoms with van der Waals surface area (Å²) in [6.45, 7) is 6.34. The van der Waals surface area contributed by atoms with Crippen molar-refractivity contribution in [2.45, 2.75) is 277 Å². The van der Waals surface area contributed by atoms with Crippen LogP contribution in [-0.4, -0.2) is 46.9 Å². The lowest BCUT2D eigenvalue weighted by molar-refractivity contribution is -0.151. The van der Waals surface area contributed by atoms with Crippen molar-refractivity contribution in [1.82, 2.24) is 5.32 Å². The van der Waals surface area contributed by atoms with Crippen LogP contribution in [0.1, 0.15) is 258 Å². The van der Waals surface area contributed by atoms with Gasteiger partial charge in [-0.1, -0.05) is 211 Å². The highest BCUT2D eigenvalue weighted by atomic mass is 16.5. The first kappa shape index (κ1) is 56.1. The average molecular weight is 816 g/mol. The van der Waals surface area contributed by atoms with Crippen LogP contribution in [0.3, 0.4) is 0 Å². The summed E-state index contributed by atoms with van der Waals surface area (Å²) in [7, 11) is 0. The van der Waals surface area contributed by atoms with Crippen molar-refractivity contribution in [3.05, 3.63) is 36.5 Å². The molecule has 58 heavy (non-hydrogen) atoms. The Morgan fingerprint density at radius 2 is 0.948 bits per heavy atom. The van der Waals surface area contributed by atoms with Crippen LogP contribution in [0.5, 0.6) is 0 Å². The second-order valence-corrected chi connectivity index (χ2v) is 17.2. The van der Waals surface area contributed by atoms with E-state index in [9.17, 15) is 19.8 Å². The van der Waals surface area contributed by atoms with Gasteiger partial charge in [-0.2, -0.15) is 0 Å². The Morgan fingerprint density at radius 1 is 0.517 bits per heavy atom. The van der Waals surface area contributed by atoms with Crippen molar-refractivity contribution in [1.29, 1.82) is 0 Å². The SMILES string of the molecule is CC/C=C/C/C=C/CCCCCCCCCC(=O)OC(CCCCC/C=C\CCCC)CC(=O)NC(CO)C(O)CCCCCCCCCCCCCCCCCC. The standard InChI is InChI=1S/C52H97NO5/c1-4-7-10-13-16-19-21-23-25-26-27-29-32-35-38-41-44-50(55)49(47-54)53-51(56)46-48(43-40-37-34-31-18-15-12-9-6-3)58-52(57)45-42-39-36-33-30-28-24-22-20-17-14-11-8-5-2/h8,11,15,17-18,20,48-50,54-55H,4-7,9-10,12-14,16,19,21-47H2,1-3H3,(H,53,56)/b11-8+,18-15-,20-17+. The number of rotatable bonds is 45. The molecule has 0 aromatic heterocycles. The first-order chi connectivity index (χ1) is 28.5. The highest BCUT2D eigenvalue weighted by Gasteiger charge is 2.24.